The van der Waals surface area contributed by atoms with E-state index in [1.54, 1.807) is 50.2 Å². The third-order valence-electron chi connectivity index (χ3n) is 4.54. The fraction of sp³-hybridized carbons (Fsp3) is 0.167. The van der Waals surface area contributed by atoms with Gasteiger partial charge in [0.2, 0.25) is 11.1 Å². The molecule has 0 aliphatic heterocycles. The Morgan fingerprint density at radius 1 is 0.781 bits per heavy atom. The Bertz CT molecular complexity index is 1150. The van der Waals surface area contributed by atoms with Crippen molar-refractivity contribution in [3.05, 3.63) is 87.4 Å². The number of ketones is 1. The zero-order valence-corrected chi connectivity index (χ0v) is 19.8. The summed E-state index contributed by atoms with van der Waals surface area (Å²) in [6.45, 7) is 4.29. The largest absolute Gasteiger partial charge is 0.493 e. The van der Waals surface area contributed by atoms with Gasteiger partial charge in [0, 0.05) is 0 Å². The molecule has 0 amide bonds. The van der Waals surface area contributed by atoms with Crippen LogP contribution in [0.15, 0.2) is 60.7 Å². The number of rotatable bonds is 9. The van der Waals surface area contributed by atoms with Gasteiger partial charge < -0.3 is 9.47 Å². The predicted octanol–water partition coefficient (Wildman–Crippen LogP) is 6.31. The molecule has 0 radical (unpaired) electrons. The number of carbonyl (C=O) groups excluding carboxylic acids is 2. The predicted molar refractivity (Wildman–Crippen MR) is 127 cm³/mol. The lowest BCUT2D eigenvalue weighted by Gasteiger charge is -2.14. The quantitative estimate of drug-likeness (QED) is 0.260. The molecule has 0 aliphatic carbocycles. The van der Waals surface area contributed by atoms with Crippen molar-refractivity contribution in [3.63, 3.8) is 0 Å². The molecular formula is C24H20Cl2O5P+. The van der Waals surface area contributed by atoms with Gasteiger partial charge in [-0.3, -0.25) is 4.79 Å². The minimum atomic E-state index is -2.68. The zero-order valence-electron chi connectivity index (χ0n) is 17.4. The Morgan fingerprint density at radius 3 is 1.88 bits per heavy atom. The van der Waals surface area contributed by atoms with E-state index in [4.69, 9.17) is 32.7 Å². The van der Waals surface area contributed by atoms with Crippen molar-refractivity contribution in [2.45, 2.75) is 13.8 Å². The van der Waals surface area contributed by atoms with Gasteiger partial charge in [-0.2, -0.15) is 0 Å². The van der Waals surface area contributed by atoms with Crippen LogP contribution in [0.3, 0.4) is 0 Å². The summed E-state index contributed by atoms with van der Waals surface area (Å²) in [7, 11) is -2.68. The third-order valence-corrected chi connectivity index (χ3v) is 6.59. The smallest absolute Gasteiger partial charge is 0.459 e. The minimum Gasteiger partial charge on any atom is -0.493 e. The van der Waals surface area contributed by atoms with Gasteiger partial charge in [-0.1, -0.05) is 52.0 Å². The number of halogens is 2. The Hall–Kier alpha value is -2.72. The SMILES string of the molecule is CCOc1cccc(OCC)c1C(=O)c1ccccc1[P+](=O)C(=O)c1c(Cl)cccc1Cl. The molecule has 0 spiro atoms. The summed E-state index contributed by atoms with van der Waals surface area (Å²) < 4.78 is 24.6. The summed E-state index contributed by atoms with van der Waals surface area (Å²) in [4.78, 5) is 26.6. The van der Waals surface area contributed by atoms with E-state index in [0.29, 0.717) is 24.7 Å². The first-order valence-electron chi connectivity index (χ1n) is 9.88. The van der Waals surface area contributed by atoms with Crippen LogP contribution in [0.4, 0.5) is 0 Å². The minimum absolute atomic E-state index is 0.0380. The monoisotopic (exact) mass is 489 g/mol. The maximum absolute atomic E-state index is 13.6. The molecule has 0 N–H and O–H groups in total. The highest BCUT2D eigenvalue weighted by Crippen LogP contribution is 2.37. The number of ether oxygens (including phenoxy) is 2. The average Bonchev–Trinajstić information content (AvgIpc) is 2.78. The molecule has 3 rings (SSSR count). The van der Waals surface area contributed by atoms with Crippen LogP contribution >= 0.6 is 31.0 Å². The van der Waals surface area contributed by atoms with Gasteiger partial charge in [0.1, 0.15) is 22.6 Å². The Balaban J connectivity index is 2.11. The van der Waals surface area contributed by atoms with Crippen molar-refractivity contribution in [2.75, 3.05) is 13.2 Å². The lowest BCUT2D eigenvalue weighted by molar-refractivity contribution is 0.103. The van der Waals surface area contributed by atoms with Crippen molar-refractivity contribution in [3.8, 4) is 11.5 Å². The van der Waals surface area contributed by atoms with Gasteiger partial charge >= 0.3 is 13.3 Å². The van der Waals surface area contributed by atoms with Crippen LogP contribution in [0.25, 0.3) is 0 Å². The van der Waals surface area contributed by atoms with Crippen molar-refractivity contribution in [1.82, 2.24) is 0 Å². The second-order valence-electron chi connectivity index (χ2n) is 6.54. The summed E-state index contributed by atoms with van der Waals surface area (Å²) in [5.74, 6) is 0.220. The number of hydrogen-bond acceptors (Lipinski definition) is 5. The van der Waals surface area contributed by atoms with Crippen molar-refractivity contribution in [2.24, 2.45) is 0 Å². The molecular weight excluding hydrogens is 470 g/mol. The van der Waals surface area contributed by atoms with Crippen LogP contribution in [0.1, 0.15) is 40.1 Å². The lowest BCUT2D eigenvalue weighted by Crippen LogP contribution is -2.17. The van der Waals surface area contributed by atoms with Crippen molar-refractivity contribution < 1.29 is 23.6 Å². The molecule has 0 fully saturated rings. The standard InChI is InChI=1S/C24H20Cl2O5P/c1-3-30-18-12-8-13-19(31-4-2)22(18)23(27)15-9-5-6-14-20(15)32(29)24(28)21-16(25)10-7-11-17(21)26/h5-14H,3-4H2,1-2H3/q+1. The first kappa shape index (κ1) is 23.9. The van der Waals surface area contributed by atoms with Crippen molar-refractivity contribution >= 4 is 47.6 Å². The van der Waals surface area contributed by atoms with E-state index in [0.717, 1.165) is 0 Å². The van der Waals surface area contributed by atoms with Crippen LogP contribution in [0.5, 0.6) is 11.5 Å². The molecule has 0 bridgehead atoms. The highest BCUT2D eigenvalue weighted by Gasteiger charge is 2.39. The third kappa shape index (κ3) is 4.86. The summed E-state index contributed by atoms with van der Waals surface area (Å²) in [5.41, 5.74) is -0.476. The summed E-state index contributed by atoms with van der Waals surface area (Å²) >= 11 is 12.3. The van der Waals surface area contributed by atoms with E-state index in [1.807, 2.05) is 0 Å². The van der Waals surface area contributed by atoms with E-state index < -0.39 is 19.1 Å². The molecule has 3 aromatic carbocycles. The van der Waals surface area contributed by atoms with Gasteiger partial charge in [0.25, 0.3) is 0 Å². The second-order valence-corrected chi connectivity index (χ2v) is 8.83. The van der Waals surface area contributed by atoms with E-state index in [1.165, 1.54) is 24.3 Å². The Morgan fingerprint density at radius 2 is 1.31 bits per heavy atom. The van der Waals surface area contributed by atoms with E-state index in [9.17, 15) is 14.2 Å². The summed E-state index contributed by atoms with van der Waals surface area (Å²) in [6.07, 6.45) is 0. The van der Waals surface area contributed by atoms with Gasteiger partial charge in [-0.25, -0.2) is 4.79 Å². The molecule has 0 saturated heterocycles. The van der Waals surface area contributed by atoms with Crippen LogP contribution in [0, 0.1) is 0 Å². The highest BCUT2D eigenvalue weighted by molar-refractivity contribution is 7.71. The van der Waals surface area contributed by atoms with Gasteiger partial charge in [0.15, 0.2) is 0 Å². The van der Waals surface area contributed by atoms with Gasteiger partial charge in [0.05, 0.1) is 28.8 Å². The zero-order chi connectivity index (χ0) is 23.3. The molecule has 0 aromatic heterocycles. The molecule has 5 nitrogen and oxygen atoms in total. The summed E-state index contributed by atoms with van der Waals surface area (Å²) in [6, 6.07) is 15.9. The van der Waals surface area contributed by atoms with E-state index >= 15 is 0 Å². The number of benzene rings is 3. The Kier molecular flexibility index (Phi) is 8.03. The molecule has 32 heavy (non-hydrogen) atoms. The number of carbonyl (C=O) groups is 2. The highest BCUT2D eigenvalue weighted by atomic mass is 35.5. The Labute approximate surface area is 197 Å². The fourth-order valence-corrected chi connectivity index (χ4v) is 5.16. The topological polar surface area (TPSA) is 69.7 Å². The second kappa shape index (κ2) is 10.7. The normalized spacial score (nSPS) is 11.1. The molecule has 3 aromatic rings. The lowest BCUT2D eigenvalue weighted by atomic mass is 10.0. The molecule has 164 valence electrons. The maximum Gasteiger partial charge on any atom is 0.459 e. The van der Waals surface area contributed by atoms with Gasteiger partial charge in [-0.15, -0.1) is 0 Å². The number of hydrogen-bond donors (Lipinski definition) is 0. The van der Waals surface area contributed by atoms with E-state index in [2.05, 4.69) is 0 Å². The van der Waals surface area contributed by atoms with Crippen LogP contribution in [0.2, 0.25) is 10.0 Å². The summed E-state index contributed by atoms with van der Waals surface area (Å²) in [5, 5.41) is 0.271. The molecule has 0 saturated carbocycles. The first-order chi connectivity index (χ1) is 15.4. The van der Waals surface area contributed by atoms with Crippen molar-refractivity contribution in [1.29, 1.82) is 0 Å². The average molecular weight is 490 g/mol. The fourth-order valence-electron chi connectivity index (χ4n) is 3.18. The van der Waals surface area contributed by atoms with Gasteiger partial charge in [-0.05, 0) is 50.2 Å². The van der Waals surface area contributed by atoms with Crippen LogP contribution in [-0.4, -0.2) is 24.5 Å². The maximum atomic E-state index is 13.6. The molecule has 1 atom stereocenters. The van der Waals surface area contributed by atoms with Crippen LogP contribution < -0.4 is 14.8 Å². The molecule has 8 heteroatoms. The molecule has 0 heterocycles. The first-order valence-corrected chi connectivity index (χ1v) is 11.9. The molecule has 0 aliphatic rings. The van der Waals surface area contributed by atoms with E-state index in [-0.39, 0.29) is 32.0 Å². The van der Waals surface area contributed by atoms with Crippen LogP contribution in [-0.2, 0) is 4.57 Å². The molecule has 1 unspecified atom stereocenters.